The Hall–Kier alpha value is -0.690. The van der Waals surface area contributed by atoms with E-state index in [0.29, 0.717) is 9.39 Å². The summed E-state index contributed by atoms with van der Waals surface area (Å²) in [7, 11) is 0. The Balaban J connectivity index is 2.60. The van der Waals surface area contributed by atoms with E-state index in [-0.39, 0.29) is 5.56 Å². The zero-order valence-electron chi connectivity index (χ0n) is 8.30. The summed E-state index contributed by atoms with van der Waals surface area (Å²) >= 11 is 3.64. The van der Waals surface area contributed by atoms with Crippen LogP contribution in [0.15, 0.2) is 16.9 Å². The normalized spacial score (nSPS) is 10.6. The van der Waals surface area contributed by atoms with E-state index in [9.17, 15) is 4.79 Å². The molecular formula is C10H9IN2OS. The molecule has 0 aromatic carbocycles. The molecule has 0 unspecified atom stereocenters. The molecule has 0 spiro atoms. The van der Waals surface area contributed by atoms with Crippen molar-refractivity contribution in [2.45, 2.75) is 13.8 Å². The van der Waals surface area contributed by atoms with Gasteiger partial charge in [-0.25, -0.2) is 4.98 Å². The van der Waals surface area contributed by atoms with Crippen molar-refractivity contribution in [3.63, 3.8) is 0 Å². The zero-order valence-corrected chi connectivity index (χ0v) is 11.3. The Labute approximate surface area is 105 Å². The van der Waals surface area contributed by atoms with Gasteiger partial charge in [0, 0.05) is 4.88 Å². The number of rotatable bonds is 1. The molecular weight excluding hydrogens is 323 g/mol. The number of halogens is 1. The minimum Gasteiger partial charge on any atom is -0.305 e. The summed E-state index contributed by atoms with van der Waals surface area (Å²) in [6, 6.07) is 4.00. The van der Waals surface area contributed by atoms with Crippen LogP contribution in [0, 0.1) is 17.4 Å². The van der Waals surface area contributed by atoms with E-state index in [1.165, 1.54) is 4.88 Å². The van der Waals surface area contributed by atoms with Gasteiger partial charge >= 0.3 is 0 Å². The third-order valence-electron chi connectivity index (χ3n) is 2.00. The van der Waals surface area contributed by atoms with E-state index in [0.717, 1.165) is 10.6 Å². The SMILES string of the molecule is Cc1ccc(-c2nc(C)c(I)c(=O)[nH]2)s1. The van der Waals surface area contributed by atoms with Gasteiger partial charge in [-0.15, -0.1) is 11.3 Å². The Bertz CT molecular complexity index is 559. The molecule has 0 aliphatic carbocycles. The van der Waals surface area contributed by atoms with Gasteiger partial charge in [-0.3, -0.25) is 4.79 Å². The molecule has 5 heteroatoms. The van der Waals surface area contributed by atoms with Crippen LogP contribution in [0.3, 0.4) is 0 Å². The zero-order chi connectivity index (χ0) is 11.0. The smallest absolute Gasteiger partial charge is 0.264 e. The minimum absolute atomic E-state index is 0.0656. The maximum atomic E-state index is 11.5. The van der Waals surface area contributed by atoms with Gasteiger partial charge in [-0.1, -0.05) is 0 Å². The monoisotopic (exact) mass is 332 g/mol. The highest BCUT2D eigenvalue weighted by atomic mass is 127. The molecule has 0 amide bonds. The Morgan fingerprint density at radius 3 is 2.67 bits per heavy atom. The van der Waals surface area contributed by atoms with Crippen molar-refractivity contribution in [1.82, 2.24) is 9.97 Å². The van der Waals surface area contributed by atoms with Crippen molar-refractivity contribution in [2.24, 2.45) is 0 Å². The highest BCUT2D eigenvalue weighted by Crippen LogP contribution is 2.24. The fraction of sp³-hybridized carbons (Fsp3) is 0.200. The van der Waals surface area contributed by atoms with E-state index < -0.39 is 0 Å². The predicted molar refractivity (Wildman–Crippen MR) is 70.4 cm³/mol. The lowest BCUT2D eigenvalue weighted by molar-refractivity contribution is 1.06. The fourth-order valence-corrected chi connectivity index (χ4v) is 2.32. The molecule has 0 saturated carbocycles. The van der Waals surface area contributed by atoms with Crippen LogP contribution in [-0.2, 0) is 0 Å². The largest absolute Gasteiger partial charge is 0.305 e. The summed E-state index contributed by atoms with van der Waals surface area (Å²) in [5, 5.41) is 0. The van der Waals surface area contributed by atoms with Crippen molar-refractivity contribution < 1.29 is 0 Å². The molecule has 78 valence electrons. The van der Waals surface area contributed by atoms with Crippen LogP contribution < -0.4 is 5.56 Å². The average Bonchev–Trinajstić information content (AvgIpc) is 2.60. The molecule has 1 N–H and O–H groups in total. The Morgan fingerprint density at radius 1 is 1.40 bits per heavy atom. The van der Waals surface area contributed by atoms with Gasteiger partial charge in [0.15, 0.2) is 5.82 Å². The highest BCUT2D eigenvalue weighted by molar-refractivity contribution is 14.1. The van der Waals surface area contributed by atoms with Crippen LogP contribution in [0.5, 0.6) is 0 Å². The minimum atomic E-state index is -0.0656. The molecule has 0 aliphatic heterocycles. The molecule has 15 heavy (non-hydrogen) atoms. The second-order valence-electron chi connectivity index (χ2n) is 3.22. The Morgan fingerprint density at radius 2 is 2.13 bits per heavy atom. The van der Waals surface area contributed by atoms with Gasteiger partial charge in [-0.05, 0) is 48.6 Å². The average molecular weight is 332 g/mol. The summed E-state index contributed by atoms with van der Waals surface area (Å²) in [6.45, 7) is 3.88. The first-order chi connectivity index (χ1) is 7.08. The summed E-state index contributed by atoms with van der Waals surface area (Å²) < 4.78 is 0.657. The van der Waals surface area contributed by atoms with Gasteiger partial charge in [0.05, 0.1) is 14.1 Å². The molecule has 0 radical (unpaired) electrons. The second-order valence-corrected chi connectivity index (χ2v) is 5.59. The lowest BCUT2D eigenvalue weighted by Crippen LogP contribution is -2.14. The van der Waals surface area contributed by atoms with E-state index in [4.69, 9.17) is 0 Å². The maximum Gasteiger partial charge on any atom is 0.264 e. The lowest BCUT2D eigenvalue weighted by Gasteiger charge is -2.00. The number of hydrogen-bond acceptors (Lipinski definition) is 3. The van der Waals surface area contributed by atoms with E-state index in [1.54, 1.807) is 11.3 Å². The molecule has 2 aromatic heterocycles. The van der Waals surface area contributed by atoms with Crippen molar-refractivity contribution in [1.29, 1.82) is 0 Å². The standard InChI is InChI=1S/C10H9IN2OS/c1-5-3-4-7(15-5)9-12-6(2)8(11)10(14)13-9/h3-4H,1-2H3,(H,12,13,14). The van der Waals surface area contributed by atoms with E-state index >= 15 is 0 Å². The molecule has 0 saturated heterocycles. The lowest BCUT2D eigenvalue weighted by atomic mass is 10.4. The van der Waals surface area contributed by atoms with Gasteiger partial charge < -0.3 is 4.98 Å². The molecule has 2 heterocycles. The van der Waals surface area contributed by atoms with Gasteiger partial charge in [-0.2, -0.15) is 0 Å². The van der Waals surface area contributed by atoms with Crippen LogP contribution in [0.25, 0.3) is 10.7 Å². The molecule has 0 fully saturated rings. The number of nitrogens with zero attached hydrogens (tertiary/aromatic N) is 1. The maximum absolute atomic E-state index is 11.5. The van der Waals surface area contributed by atoms with Crippen LogP contribution in [0.1, 0.15) is 10.6 Å². The molecule has 3 nitrogen and oxygen atoms in total. The third-order valence-corrected chi connectivity index (χ3v) is 4.28. The number of aromatic amines is 1. The summed E-state index contributed by atoms with van der Waals surface area (Å²) in [4.78, 5) is 20.9. The van der Waals surface area contributed by atoms with Gasteiger partial charge in [0.2, 0.25) is 0 Å². The number of aryl methyl sites for hydroxylation is 2. The third kappa shape index (κ3) is 2.12. The number of aromatic nitrogens is 2. The predicted octanol–water partition coefficient (Wildman–Crippen LogP) is 2.72. The quantitative estimate of drug-likeness (QED) is 0.816. The van der Waals surface area contributed by atoms with Gasteiger partial charge in [0.25, 0.3) is 5.56 Å². The summed E-state index contributed by atoms with van der Waals surface area (Å²) in [5.41, 5.74) is 0.713. The molecule has 0 bridgehead atoms. The number of nitrogens with one attached hydrogen (secondary N) is 1. The van der Waals surface area contributed by atoms with Crippen molar-refractivity contribution in [2.75, 3.05) is 0 Å². The van der Waals surface area contributed by atoms with Crippen molar-refractivity contribution in [3.8, 4) is 10.7 Å². The molecule has 2 aromatic rings. The molecule has 2 rings (SSSR count). The summed E-state index contributed by atoms with van der Waals surface area (Å²) in [6.07, 6.45) is 0. The molecule has 0 aliphatic rings. The topological polar surface area (TPSA) is 45.8 Å². The van der Waals surface area contributed by atoms with E-state index in [1.807, 2.05) is 48.6 Å². The fourth-order valence-electron chi connectivity index (χ4n) is 1.25. The van der Waals surface area contributed by atoms with Gasteiger partial charge in [0.1, 0.15) is 0 Å². The van der Waals surface area contributed by atoms with Crippen molar-refractivity contribution in [3.05, 3.63) is 36.6 Å². The Kier molecular flexibility index (Phi) is 2.92. The van der Waals surface area contributed by atoms with Crippen LogP contribution in [-0.4, -0.2) is 9.97 Å². The first kappa shape index (κ1) is 10.8. The van der Waals surface area contributed by atoms with Crippen LogP contribution >= 0.6 is 33.9 Å². The highest BCUT2D eigenvalue weighted by Gasteiger charge is 2.07. The molecule has 0 atom stereocenters. The summed E-state index contributed by atoms with van der Waals surface area (Å²) in [5.74, 6) is 0.663. The van der Waals surface area contributed by atoms with Crippen LogP contribution in [0.2, 0.25) is 0 Å². The van der Waals surface area contributed by atoms with Crippen molar-refractivity contribution >= 4 is 33.9 Å². The number of hydrogen-bond donors (Lipinski definition) is 1. The number of thiophene rings is 1. The number of H-pyrrole nitrogens is 1. The first-order valence-corrected chi connectivity index (χ1v) is 6.30. The first-order valence-electron chi connectivity index (χ1n) is 4.41. The van der Waals surface area contributed by atoms with E-state index in [2.05, 4.69) is 9.97 Å². The second kappa shape index (κ2) is 4.05. The van der Waals surface area contributed by atoms with Crippen LogP contribution in [0.4, 0.5) is 0 Å².